The van der Waals surface area contributed by atoms with E-state index >= 15 is 0 Å². The molecule has 0 atom stereocenters. The lowest BCUT2D eigenvalue weighted by Gasteiger charge is -2.31. The van der Waals surface area contributed by atoms with E-state index < -0.39 is 0 Å². The normalized spacial score (nSPS) is 15.4. The molecule has 2 aromatic rings. The zero-order valence-electron chi connectivity index (χ0n) is 13.2. The van der Waals surface area contributed by atoms with Crippen LogP contribution >= 0.6 is 0 Å². The molecule has 120 valence electrons. The van der Waals surface area contributed by atoms with E-state index in [2.05, 4.69) is 11.7 Å². The molecule has 1 saturated heterocycles. The Hall–Kier alpha value is -2.56. The quantitative estimate of drug-likeness (QED) is 0.814. The minimum atomic E-state index is -0.00613. The molecule has 0 saturated carbocycles. The summed E-state index contributed by atoms with van der Waals surface area (Å²) >= 11 is 0. The van der Waals surface area contributed by atoms with Gasteiger partial charge in [0.25, 0.3) is 0 Å². The molecule has 0 unspecified atom stereocenters. The van der Waals surface area contributed by atoms with E-state index in [-0.39, 0.29) is 12.0 Å². The summed E-state index contributed by atoms with van der Waals surface area (Å²) in [6.07, 6.45) is 4.87. The smallest absolute Gasteiger partial charge is 0.245 e. The fraction of sp³-hybridized carbons (Fsp3) is 0.333. The van der Waals surface area contributed by atoms with E-state index in [9.17, 15) is 4.79 Å². The molecule has 5 heteroatoms. The first-order valence-corrected chi connectivity index (χ1v) is 7.77. The van der Waals surface area contributed by atoms with Crippen LogP contribution in [0.15, 0.2) is 47.6 Å². The van der Waals surface area contributed by atoms with Gasteiger partial charge in [-0.05, 0) is 30.7 Å². The maximum Gasteiger partial charge on any atom is 0.245 e. The molecule has 0 spiro atoms. The highest BCUT2D eigenvalue weighted by atomic mass is 16.5. The van der Waals surface area contributed by atoms with Gasteiger partial charge in [0.2, 0.25) is 5.91 Å². The number of piperidine rings is 1. The minimum absolute atomic E-state index is 0.00613. The second kappa shape index (κ2) is 6.69. The molecular formula is C18H20N2O3. The summed E-state index contributed by atoms with van der Waals surface area (Å²) in [5.74, 6) is 1.61. The Morgan fingerprint density at radius 1 is 1.43 bits per heavy atom. The van der Waals surface area contributed by atoms with Gasteiger partial charge in [-0.15, -0.1) is 0 Å². The number of likely N-dealkylation sites (tertiary alicyclic amines) is 1. The summed E-state index contributed by atoms with van der Waals surface area (Å²) in [5, 5.41) is 3.81. The second-order valence-electron chi connectivity index (χ2n) is 5.67. The minimum Gasteiger partial charge on any atom is -0.490 e. The maximum atomic E-state index is 11.6. The monoisotopic (exact) mass is 312 g/mol. The highest BCUT2D eigenvalue weighted by Gasteiger charge is 2.22. The number of ether oxygens (including phenoxy) is 1. The van der Waals surface area contributed by atoms with Crippen LogP contribution in [-0.4, -0.2) is 35.2 Å². The number of benzene rings is 1. The van der Waals surface area contributed by atoms with Crippen LogP contribution in [0.5, 0.6) is 5.75 Å². The average Bonchev–Trinajstić information content (AvgIpc) is 3.01. The Kier molecular flexibility index (Phi) is 4.46. The highest BCUT2D eigenvalue weighted by molar-refractivity contribution is 5.87. The SMILES string of the molecule is C=CC(=O)N1CCC(Oc2cccc(-c3cnoc3C)c2)CC1. The van der Waals surface area contributed by atoms with Crippen LogP contribution in [0.4, 0.5) is 0 Å². The van der Waals surface area contributed by atoms with Gasteiger partial charge in [-0.3, -0.25) is 4.79 Å². The number of aromatic nitrogens is 1. The fourth-order valence-electron chi connectivity index (χ4n) is 2.83. The third kappa shape index (κ3) is 3.44. The number of hydrogen-bond acceptors (Lipinski definition) is 4. The van der Waals surface area contributed by atoms with Crippen molar-refractivity contribution in [3.8, 4) is 16.9 Å². The van der Waals surface area contributed by atoms with Crippen molar-refractivity contribution in [3.05, 3.63) is 48.9 Å². The maximum absolute atomic E-state index is 11.6. The van der Waals surface area contributed by atoms with Crippen molar-refractivity contribution in [3.63, 3.8) is 0 Å². The second-order valence-corrected chi connectivity index (χ2v) is 5.67. The lowest BCUT2D eigenvalue weighted by Crippen LogP contribution is -2.41. The van der Waals surface area contributed by atoms with Crippen LogP contribution in [0, 0.1) is 6.92 Å². The molecule has 5 nitrogen and oxygen atoms in total. The molecular weight excluding hydrogens is 292 g/mol. The summed E-state index contributed by atoms with van der Waals surface area (Å²) in [4.78, 5) is 13.4. The fourth-order valence-corrected chi connectivity index (χ4v) is 2.83. The van der Waals surface area contributed by atoms with Crippen molar-refractivity contribution >= 4 is 5.91 Å². The van der Waals surface area contributed by atoms with Gasteiger partial charge >= 0.3 is 0 Å². The number of aryl methyl sites for hydroxylation is 1. The third-order valence-corrected chi connectivity index (χ3v) is 4.13. The van der Waals surface area contributed by atoms with Crippen molar-refractivity contribution in [2.24, 2.45) is 0 Å². The van der Waals surface area contributed by atoms with Crippen molar-refractivity contribution in [2.45, 2.75) is 25.9 Å². The van der Waals surface area contributed by atoms with Crippen LogP contribution in [0.2, 0.25) is 0 Å². The van der Waals surface area contributed by atoms with E-state index in [1.54, 1.807) is 6.20 Å². The molecule has 23 heavy (non-hydrogen) atoms. The molecule has 1 amide bonds. The van der Waals surface area contributed by atoms with E-state index in [4.69, 9.17) is 9.26 Å². The summed E-state index contributed by atoms with van der Waals surface area (Å²) in [5.41, 5.74) is 2.00. The Morgan fingerprint density at radius 2 is 2.22 bits per heavy atom. The number of hydrogen-bond donors (Lipinski definition) is 0. The number of amides is 1. The molecule has 0 aliphatic carbocycles. The average molecular weight is 312 g/mol. The Bertz CT molecular complexity index is 700. The zero-order valence-corrected chi connectivity index (χ0v) is 13.2. The topological polar surface area (TPSA) is 55.6 Å². The van der Waals surface area contributed by atoms with Gasteiger partial charge < -0.3 is 14.2 Å². The van der Waals surface area contributed by atoms with E-state index in [1.807, 2.05) is 36.1 Å². The Morgan fingerprint density at radius 3 is 2.87 bits per heavy atom. The lowest BCUT2D eigenvalue weighted by atomic mass is 10.1. The van der Waals surface area contributed by atoms with Gasteiger partial charge in [-0.1, -0.05) is 23.9 Å². The van der Waals surface area contributed by atoms with Gasteiger partial charge in [0.05, 0.1) is 6.20 Å². The van der Waals surface area contributed by atoms with Crippen molar-refractivity contribution < 1.29 is 14.1 Å². The Balaban J connectivity index is 1.64. The van der Waals surface area contributed by atoms with E-state index in [1.165, 1.54) is 6.08 Å². The number of carbonyl (C=O) groups excluding carboxylic acids is 1. The molecule has 2 heterocycles. The standard InChI is InChI=1S/C18H20N2O3/c1-3-18(21)20-9-7-15(8-10-20)22-16-6-4-5-14(11-16)17-12-19-23-13(17)2/h3-6,11-12,15H,1,7-10H2,2H3. The highest BCUT2D eigenvalue weighted by Crippen LogP contribution is 2.28. The van der Waals surface area contributed by atoms with Crippen LogP contribution in [-0.2, 0) is 4.79 Å². The molecule has 0 radical (unpaired) electrons. The lowest BCUT2D eigenvalue weighted by molar-refractivity contribution is -0.127. The molecule has 1 aliphatic heterocycles. The van der Waals surface area contributed by atoms with Crippen molar-refractivity contribution in [1.82, 2.24) is 10.1 Å². The Labute approximate surface area is 135 Å². The molecule has 1 fully saturated rings. The summed E-state index contributed by atoms with van der Waals surface area (Å²) in [6.45, 7) is 6.84. The first kappa shape index (κ1) is 15.3. The van der Waals surface area contributed by atoms with Gasteiger partial charge in [-0.2, -0.15) is 0 Å². The largest absolute Gasteiger partial charge is 0.490 e. The molecule has 0 bridgehead atoms. The molecule has 1 aromatic carbocycles. The molecule has 1 aromatic heterocycles. The third-order valence-electron chi connectivity index (χ3n) is 4.13. The first-order chi connectivity index (χ1) is 11.2. The molecule has 1 aliphatic rings. The molecule has 0 N–H and O–H groups in total. The zero-order chi connectivity index (χ0) is 16.2. The summed E-state index contributed by atoms with van der Waals surface area (Å²) in [6, 6.07) is 7.93. The first-order valence-electron chi connectivity index (χ1n) is 7.77. The van der Waals surface area contributed by atoms with E-state index in [0.29, 0.717) is 13.1 Å². The summed E-state index contributed by atoms with van der Waals surface area (Å²) < 4.78 is 11.2. The van der Waals surface area contributed by atoms with Crippen LogP contribution < -0.4 is 4.74 Å². The molecule has 3 rings (SSSR count). The van der Waals surface area contributed by atoms with Crippen LogP contribution in [0.25, 0.3) is 11.1 Å². The predicted molar refractivity (Wildman–Crippen MR) is 87.1 cm³/mol. The van der Waals surface area contributed by atoms with Gasteiger partial charge in [0.1, 0.15) is 17.6 Å². The van der Waals surface area contributed by atoms with Crippen molar-refractivity contribution in [1.29, 1.82) is 0 Å². The van der Waals surface area contributed by atoms with E-state index in [0.717, 1.165) is 35.5 Å². The predicted octanol–water partition coefficient (Wildman–Crippen LogP) is 3.21. The van der Waals surface area contributed by atoms with Crippen molar-refractivity contribution in [2.75, 3.05) is 13.1 Å². The number of carbonyl (C=O) groups is 1. The van der Waals surface area contributed by atoms with Gasteiger partial charge in [-0.25, -0.2) is 0 Å². The van der Waals surface area contributed by atoms with Crippen LogP contribution in [0.3, 0.4) is 0 Å². The van der Waals surface area contributed by atoms with Crippen LogP contribution in [0.1, 0.15) is 18.6 Å². The number of nitrogens with zero attached hydrogens (tertiary/aromatic N) is 2. The summed E-state index contributed by atoms with van der Waals surface area (Å²) in [7, 11) is 0. The van der Waals surface area contributed by atoms with Gasteiger partial charge in [0.15, 0.2) is 0 Å². The number of rotatable bonds is 4. The van der Waals surface area contributed by atoms with Gasteiger partial charge in [0, 0.05) is 31.5 Å².